The van der Waals surface area contributed by atoms with Gasteiger partial charge in [-0.25, -0.2) is 4.98 Å². The second kappa shape index (κ2) is 6.82. The fourth-order valence-corrected chi connectivity index (χ4v) is 2.14. The van der Waals surface area contributed by atoms with Gasteiger partial charge in [0.2, 0.25) is 0 Å². The molecule has 1 N–H and O–H groups in total. The van der Waals surface area contributed by atoms with E-state index in [4.69, 9.17) is 0 Å². The fraction of sp³-hybridized carbons (Fsp3) is 0.143. The van der Waals surface area contributed by atoms with E-state index in [0.717, 1.165) is 15.4 Å². The number of nitrogens with zero attached hydrogens (tertiary/aromatic N) is 1. The molecule has 0 bridgehead atoms. The maximum Gasteiger partial charge on any atom is 0.270 e. The molecule has 0 saturated carbocycles. The third-order valence-corrected chi connectivity index (χ3v) is 3.71. The van der Waals surface area contributed by atoms with Crippen LogP contribution in [0, 0.1) is 0 Å². The lowest BCUT2D eigenvalue weighted by atomic mass is 10.1. The number of hydrogen-bond donors (Lipinski definition) is 1. The van der Waals surface area contributed by atoms with Gasteiger partial charge in [0.1, 0.15) is 5.69 Å². The number of alkyl halides is 1. The van der Waals surface area contributed by atoms with Gasteiger partial charge in [-0.15, -0.1) is 0 Å². The van der Waals surface area contributed by atoms with E-state index in [1.54, 1.807) is 18.3 Å². The molecule has 3 nitrogen and oxygen atoms in total. The largest absolute Gasteiger partial charge is 0.347 e. The Morgan fingerprint density at radius 1 is 1.11 bits per heavy atom. The van der Waals surface area contributed by atoms with Crippen LogP contribution in [0.2, 0.25) is 0 Å². The second-order valence-electron chi connectivity index (χ2n) is 3.99. The highest BCUT2D eigenvalue weighted by Gasteiger charge is 2.06. The molecular formula is C14H12Br2N2O. The molecule has 0 aliphatic rings. The zero-order valence-corrected chi connectivity index (χ0v) is 13.2. The highest BCUT2D eigenvalue weighted by atomic mass is 79.9. The van der Waals surface area contributed by atoms with Crippen molar-refractivity contribution in [3.05, 3.63) is 63.9 Å². The lowest BCUT2D eigenvalue weighted by Gasteiger charge is -2.05. The molecule has 0 radical (unpaired) electrons. The third-order valence-electron chi connectivity index (χ3n) is 2.59. The van der Waals surface area contributed by atoms with Gasteiger partial charge in [0.05, 0.1) is 0 Å². The average Bonchev–Trinajstić information content (AvgIpc) is 2.46. The third kappa shape index (κ3) is 4.14. The van der Waals surface area contributed by atoms with Gasteiger partial charge in [0.25, 0.3) is 5.91 Å². The number of halogens is 2. The van der Waals surface area contributed by atoms with Crippen LogP contribution >= 0.6 is 31.9 Å². The minimum Gasteiger partial charge on any atom is -0.347 e. The summed E-state index contributed by atoms with van der Waals surface area (Å²) in [6.45, 7) is 0.499. The topological polar surface area (TPSA) is 42.0 Å². The Labute approximate surface area is 128 Å². The SMILES string of the molecule is O=C(NCc1ccc(CBr)cc1)c1ccc(Br)cn1. The van der Waals surface area contributed by atoms with Gasteiger partial charge >= 0.3 is 0 Å². The summed E-state index contributed by atoms with van der Waals surface area (Å²) in [6, 6.07) is 11.6. The maximum absolute atomic E-state index is 11.9. The van der Waals surface area contributed by atoms with Crippen LogP contribution in [0.3, 0.4) is 0 Å². The van der Waals surface area contributed by atoms with Crippen LogP contribution in [0.4, 0.5) is 0 Å². The van der Waals surface area contributed by atoms with Gasteiger partial charge in [0.15, 0.2) is 0 Å². The first-order chi connectivity index (χ1) is 9.19. The molecule has 1 heterocycles. The number of nitrogens with one attached hydrogen (secondary N) is 1. The van der Waals surface area contributed by atoms with Gasteiger partial charge in [0, 0.05) is 22.5 Å². The van der Waals surface area contributed by atoms with Crippen molar-refractivity contribution >= 4 is 37.8 Å². The number of aromatic nitrogens is 1. The Balaban J connectivity index is 1.94. The van der Waals surface area contributed by atoms with E-state index in [-0.39, 0.29) is 5.91 Å². The number of rotatable bonds is 4. The fourth-order valence-electron chi connectivity index (χ4n) is 1.53. The smallest absolute Gasteiger partial charge is 0.270 e. The zero-order chi connectivity index (χ0) is 13.7. The van der Waals surface area contributed by atoms with Crippen LogP contribution in [0.1, 0.15) is 21.6 Å². The molecule has 1 aromatic carbocycles. The lowest BCUT2D eigenvalue weighted by molar-refractivity contribution is 0.0946. The molecule has 2 rings (SSSR count). The summed E-state index contributed by atoms with van der Waals surface area (Å²) in [5.74, 6) is -0.169. The van der Waals surface area contributed by atoms with Crippen LogP contribution in [0.25, 0.3) is 0 Å². The summed E-state index contributed by atoms with van der Waals surface area (Å²) in [7, 11) is 0. The predicted octanol–water partition coefficient (Wildman–Crippen LogP) is 3.67. The first-order valence-electron chi connectivity index (χ1n) is 5.72. The highest BCUT2D eigenvalue weighted by molar-refractivity contribution is 9.10. The first-order valence-corrected chi connectivity index (χ1v) is 7.64. The first kappa shape index (κ1) is 14.2. The number of pyridine rings is 1. The molecule has 1 aromatic heterocycles. The molecule has 2 aromatic rings. The van der Waals surface area contributed by atoms with Crippen molar-refractivity contribution in [2.75, 3.05) is 0 Å². The molecular weight excluding hydrogens is 372 g/mol. The van der Waals surface area contributed by atoms with E-state index in [9.17, 15) is 4.79 Å². The zero-order valence-electron chi connectivity index (χ0n) is 10.1. The van der Waals surface area contributed by atoms with Crippen molar-refractivity contribution in [1.82, 2.24) is 10.3 Å². The van der Waals surface area contributed by atoms with Crippen molar-refractivity contribution in [1.29, 1.82) is 0 Å². The van der Waals surface area contributed by atoms with E-state index in [2.05, 4.69) is 42.2 Å². The van der Waals surface area contributed by atoms with Gasteiger partial charge in [-0.1, -0.05) is 40.2 Å². The number of hydrogen-bond acceptors (Lipinski definition) is 2. The van der Waals surface area contributed by atoms with Crippen molar-refractivity contribution in [2.45, 2.75) is 11.9 Å². The molecule has 1 amide bonds. The van der Waals surface area contributed by atoms with Crippen molar-refractivity contribution in [2.24, 2.45) is 0 Å². The molecule has 0 aliphatic carbocycles. The van der Waals surface area contributed by atoms with Crippen LogP contribution in [0.5, 0.6) is 0 Å². The molecule has 98 valence electrons. The molecule has 0 fully saturated rings. The van der Waals surface area contributed by atoms with Gasteiger partial charge in [-0.05, 0) is 39.2 Å². The summed E-state index contributed by atoms with van der Waals surface area (Å²) in [4.78, 5) is 15.9. The Morgan fingerprint density at radius 3 is 2.37 bits per heavy atom. The van der Waals surface area contributed by atoms with Crippen LogP contribution in [-0.2, 0) is 11.9 Å². The van der Waals surface area contributed by atoms with Crippen molar-refractivity contribution in [3.63, 3.8) is 0 Å². The molecule has 0 spiro atoms. The standard InChI is InChI=1S/C14H12Br2N2O/c15-7-10-1-3-11(4-2-10)8-18-14(19)13-6-5-12(16)9-17-13/h1-6,9H,7-8H2,(H,18,19). The number of carbonyl (C=O) groups is 1. The van der Waals surface area contributed by atoms with Gasteiger partial charge < -0.3 is 5.32 Å². The summed E-state index contributed by atoms with van der Waals surface area (Å²) in [5, 5.41) is 3.68. The van der Waals surface area contributed by atoms with E-state index >= 15 is 0 Å². The lowest BCUT2D eigenvalue weighted by Crippen LogP contribution is -2.23. The summed E-state index contributed by atoms with van der Waals surface area (Å²) in [6.07, 6.45) is 1.61. The molecule has 19 heavy (non-hydrogen) atoms. The molecule has 0 saturated heterocycles. The Hall–Kier alpha value is -1.20. The number of carbonyl (C=O) groups excluding carboxylic acids is 1. The predicted molar refractivity (Wildman–Crippen MR) is 82.2 cm³/mol. The highest BCUT2D eigenvalue weighted by Crippen LogP contribution is 2.09. The number of benzene rings is 1. The van der Waals surface area contributed by atoms with Crippen molar-refractivity contribution in [3.8, 4) is 0 Å². The minimum absolute atomic E-state index is 0.169. The van der Waals surface area contributed by atoms with Gasteiger partial charge in [-0.3, -0.25) is 4.79 Å². The van der Waals surface area contributed by atoms with Crippen molar-refractivity contribution < 1.29 is 4.79 Å². The van der Waals surface area contributed by atoms with E-state index in [0.29, 0.717) is 12.2 Å². The number of amides is 1. The monoisotopic (exact) mass is 382 g/mol. The molecule has 0 aliphatic heterocycles. The summed E-state index contributed by atoms with van der Waals surface area (Å²) in [5.41, 5.74) is 2.69. The second-order valence-corrected chi connectivity index (χ2v) is 5.47. The normalized spacial score (nSPS) is 10.2. The quantitative estimate of drug-likeness (QED) is 0.818. The average molecular weight is 384 g/mol. The van der Waals surface area contributed by atoms with Crippen LogP contribution in [0.15, 0.2) is 47.1 Å². The Kier molecular flexibility index (Phi) is 5.10. The van der Waals surface area contributed by atoms with Gasteiger partial charge in [-0.2, -0.15) is 0 Å². The molecule has 0 atom stereocenters. The Morgan fingerprint density at radius 2 is 1.79 bits per heavy atom. The maximum atomic E-state index is 11.9. The summed E-state index contributed by atoms with van der Waals surface area (Å²) < 4.78 is 0.856. The van der Waals surface area contributed by atoms with Crippen LogP contribution < -0.4 is 5.32 Å². The molecule has 0 unspecified atom stereocenters. The van der Waals surface area contributed by atoms with E-state index < -0.39 is 0 Å². The minimum atomic E-state index is -0.169. The molecule has 5 heteroatoms. The van der Waals surface area contributed by atoms with E-state index in [1.807, 2.05) is 24.3 Å². The Bertz CT molecular complexity index is 553. The van der Waals surface area contributed by atoms with E-state index in [1.165, 1.54) is 5.56 Å². The van der Waals surface area contributed by atoms with Crippen LogP contribution in [-0.4, -0.2) is 10.9 Å². The summed E-state index contributed by atoms with van der Waals surface area (Å²) >= 11 is 6.68.